The molecule has 1 aliphatic carbocycles. The van der Waals surface area contributed by atoms with Crippen molar-refractivity contribution < 1.29 is 14.6 Å². The lowest BCUT2D eigenvalue weighted by molar-refractivity contribution is -0.125. The number of aliphatic hydroxyl groups is 1. The maximum absolute atomic E-state index is 12.0. The van der Waals surface area contributed by atoms with Crippen molar-refractivity contribution in [1.29, 1.82) is 0 Å². The van der Waals surface area contributed by atoms with Gasteiger partial charge in [-0.05, 0) is 24.5 Å². The molecule has 6 heteroatoms. The van der Waals surface area contributed by atoms with E-state index in [1.54, 1.807) is 12.4 Å². The average molecular weight is 319 g/mol. The van der Waals surface area contributed by atoms with Crippen LogP contribution < -0.4 is 10.6 Å². The number of rotatable bonds is 6. The molecule has 0 unspecified atom stereocenters. The van der Waals surface area contributed by atoms with Crippen LogP contribution in [0.25, 0.3) is 0 Å². The number of aromatic nitrogens is 1. The summed E-state index contributed by atoms with van der Waals surface area (Å²) >= 11 is 0. The average Bonchev–Trinajstić information content (AvgIpc) is 3.22. The monoisotopic (exact) mass is 319 g/mol. The molecule has 1 saturated carbocycles. The van der Waals surface area contributed by atoms with E-state index < -0.39 is 6.10 Å². The second kappa shape index (κ2) is 7.86. The van der Waals surface area contributed by atoms with Gasteiger partial charge >= 0.3 is 0 Å². The number of nitrogens with zero attached hydrogens (tertiary/aromatic N) is 1. The lowest BCUT2D eigenvalue weighted by Crippen LogP contribution is -2.45. The molecule has 23 heavy (non-hydrogen) atoms. The molecule has 2 heterocycles. The highest BCUT2D eigenvalue weighted by Crippen LogP contribution is 2.24. The third-order valence-corrected chi connectivity index (χ3v) is 4.78. The number of nitrogens with one attached hydrogen (secondary N) is 2. The van der Waals surface area contributed by atoms with Gasteiger partial charge in [-0.1, -0.05) is 18.9 Å². The van der Waals surface area contributed by atoms with Gasteiger partial charge in [-0.2, -0.15) is 0 Å². The molecule has 3 atom stereocenters. The molecule has 1 amide bonds. The van der Waals surface area contributed by atoms with E-state index in [9.17, 15) is 9.90 Å². The standard InChI is InChI=1S/C17H25N3O3/c21-16-14(19-9-12-4-3-7-18-8-12)11-23-15(16)10-20-17(22)13-5-1-2-6-13/h3-4,7-8,13-16,19,21H,1-2,5-6,9-11H2,(H,20,22)/t14-,15-,16+/m1/s1. The van der Waals surface area contributed by atoms with E-state index in [1.165, 1.54) is 0 Å². The van der Waals surface area contributed by atoms with Crippen molar-refractivity contribution in [3.63, 3.8) is 0 Å². The number of aliphatic hydroxyl groups excluding tert-OH is 1. The van der Waals surface area contributed by atoms with Crippen LogP contribution in [0.5, 0.6) is 0 Å². The normalized spacial score (nSPS) is 28.1. The maximum atomic E-state index is 12.0. The van der Waals surface area contributed by atoms with Crippen molar-refractivity contribution in [2.75, 3.05) is 13.2 Å². The fourth-order valence-corrected chi connectivity index (χ4v) is 3.33. The Morgan fingerprint density at radius 1 is 1.39 bits per heavy atom. The van der Waals surface area contributed by atoms with E-state index in [0.29, 0.717) is 19.7 Å². The summed E-state index contributed by atoms with van der Waals surface area (Å²) < 4.78 is 5.64. The molecule has 2 aliphatic rings. The zero-order valence-electron chi connectivity index (χ0n) is 13.3. The molecule has 0 aromatic carbocycles. The number of pyridine rings is 1. The van der Waals surface area contributed by atoms with Gasteiger partial charge in [-0.15, -0.1) is 0 Å². The Morgan fingerprint density at radius 3 is 2.96 bits per heavy atom. The van der Waals surface area contributed by atoms with E-state index >= 15 is 0 Å². The van der Waals surface area contributed by atoms with Gasteiger partial charge in [0.2, 0.25) is 5.91 Å². The lowest BCUT2D eigenvalue weighted by Gasteiger charge is -2.19. The molecule has 6 nitrogen and oxygen atoms in total. The first-order valence-electron chi connectivity index (χ1n) is 8.43. The van der Waals surface area contributed by atoms with Crippen LogP contribution in [-0.2, 0) is 16.1 Å². The van der Waals surface area contributed by atoms with Crippen LogP contribution in [0.3, 0.4) is 0 Å². The molecule has 0 radical (unpaired) electrons. The van der Waals surface area contributed by atoms with E-state index in [4.69, 9.17) is 4.74 Å². The second-order valence-electron chi connectivity index (χ2n) is 6.44. The van der Waals surface area contributed by atoms with E-state index in [2.05, 4.69) is 15.6 Å². The topological polar surface area (TPSA) is 83.5 Å². The molecule has 1 aromatic heterocycles. The Bertz CT molecular complexity index is 505. The molecule has 1 aliphatic heterocycles. The minimum Gasteiger partial charge on any atom is -0.389 e. The van der Waals surface area contributed by atoms with Crippen molar-refractivity contribution in [1.82, 2.24) is 15.6 Å². The third kappa shape index (κ3) is 4.28. The van der Waals surface area contributed by atoms with Crippen LogP contribution >= 0.6 is 0 Å². The zero-order chi connectivity index (χ0) is 16.1. The summed E-state index contributed by atoms with van der Waals surface area (Å²) in [5.41, 5.74) is 1.07. The first-order valence-corrected chi connectivity index (χ1v) is 8.43. The molecule has 0 spiro atoms. The Hall–Kier alpha value is -1.50. The van der Waals surface area contributed by atoms with Gasteiger partial charge in [0.05, 0.1) is 18.8 Å². The van der Waals surface area contributed by atoms with Gasteiger partial charge in [-0.25, -0.2) is 0 Å². The SMILES string of the molecule is O=C(NC[C@H]1OC[C@@H](NCc2cccnc2)[C@@H]1O)C1CCCC1. The number of carbonyl (C=O) groups is 1. The van der Waals surface area contributed by atoms with Crippen LogP contribution in [-0.4, -0.2) is 47.4 Å². The highest BCUT2D eigenvalue weighted by molar-refractivity contribution is 5.78. The fourth-order valence-electron chi connectivity index (χ4n) is 3.33. The maximum Gasteiger partial charge on any atom is 0.223 e. The third-order valence-electron chi connectivity index (χ3n) is 4.78. The minimum atomic E-state index is -0.615. The molecule has 3 rings (SSSR count). The van der Waals surface area contributed by atoms with Crippen LogP contribution in [0.15, 0.2) is 24.5 Å². The molecular formula is C17H25N3O3. The van der Waals surface area contributed by atoms with Gasteiger partial charge in [-0.3, -0.25) is 9.78 Å². The number of ether oxygens (including phenoxy) is 1. The molecule has 1 aromatic rings. The fraction of sp³-hybridized carbons (Fsp3) is 0.647. The van der Waals surface area contributed by atoms with Gasteiger partial charge in [0, 0.05) is 31.4 Å². The predicted octanol–water partition coefficient (Wildman–Crippen LogP) is 0.606. The van der Waals surface area contributed by atoms with E-state index in [-0.39, 0.29) is 24.0 Å². The number of hydrogen-bond donors (Lipinski definition) is 3. The largest absolute Gasteiger partial charge is 0.389 e. The van der Waals surface area contributed by atoms with Crippen LogP contribution in [0, 0.1) is 5.92 Å². The van der Waals surface area contributed by atoms with Gasteiger partial charge in [0.25, 0.3) is 0 Å². The van der Waals surface area contributed by atoms with Crippen molar-refractivity contribution in [2.24, 2.45) is 5.92 Å². The quantitative estimate of drug-likeness (QED) is 0.715. The minimum absolute atomic E-state index is 0.102. The summed E-state index contributed by atoms with van der Waals surface area (Å²) in [4.78, 5) is 16.1. The Kier molecular flexibility index (Phi) is 5.59. The Labute approximate surface area is 136 Å². The second-order valence-corrected chi connectivity index (χ2v) is 6.44. The first kappa shape index (κ1) is 16.4. The number of carbonyl (C=O) groups excluding carboxylic acids is 1. The molecule has 0 bridgehead atoms. The smallest absolute Gasteiger partial charge is 0.223 e. The van der Waals surface area contributed by atoms with Crippen molar-refractivity contribution in [3.05, 3.63) is 30.1 Å². The summed E-state index contributed by atoms with van der Waals surface area (Å²) in [5.74, 6) is 0.248. The number of amides is 1. The molecule has 126 valence electrons. The molecule has 1 saturated heterocycles. The molecule has 2 fully saturated rings. The van der Waals surface area contributed by atoms with Crippen molar-refractivity contribution in [3.8, 4) is 0 Å². The van der Waals surface area contributed by atoms with Gasteiger partial charge in [0.15, 0.2) is 0 Å². The van der Waals surface area contributed by atoms with Crippen molar-refractivity contribution >= 4 is 5.91 Å². The van der Waals surface area contributed by atoms with Crippen molar-refractivity contribution in [2.45, 2.75) is 50.5 Å². The summed E-state index contributed by atoms with van der Waals surface area (Å²) in [6.45, 7) is 1.47. The molecular weight excluding hydrogens is 294 g/mol. The predicted molar refractivity (Wildman–Crippen MR) is 85.6 cm³/mol. The Morgan fingerprint density at radius 2 is 2.22 bits per heavy atom. The number of hydrogen-bond acceptors (Lipinski definition) is 5. The lowest BCUT2D eigenvalue weighted by atomic mass is 10.1. The summed E-state index contributed by atoms with van der Waals surface area (Å²) in [6.07, 6.45) is 6.82. The van der Waals surface area contributed by atoms with Crippen LogP contribution in [0.1, 0.15) is 31.2 Å². The molecule has 3 N–H and O–H groups in total. The van der Waals surface area contributed by atoms with Crippen LogP contribution in [0.4, 0.5) is 0 Å². The highest BCUT2D eigenvalue weighted by Gasteiger charge is 2.36. The highest BCUT2D eigenvalue weighted by atomic mass is 16.5. The van der Waals surface area contributed by atoms with E-state index in [1.807, 2.05) is 12.1 Å². The Balaban J connectivity index is 1.41. The van der Waals surface area contributed by atoms with E-state index in [0.717, 1.165) is 31.2 Å². The van der Waals surface area contributed by atoms with Gasteiger partial charge < -0.3 is 20.5 Å². The van der Waals surface area contributed by atoms with Gasteiger partial charge in [0.1, 0.15) is 6.10 Å². The summed E-state index contributed by atoms with van der Waals surface area (Å²) in [5, 5.41) is 16.6. The summed E-state index contributed by atoms with van der Waals surface area (Å²) in [6, 6.07) is 3.75. The van der Waals surface area contributed by atoms with Crippen LogP contribution in [0.2, 0.25) is 0 Å². The first-order chi connectivity index (χ1) is 11.2. The summed E-state index contributed by atoms with van der Waals surface area (Å²) in [7, 11) is 0. The zero-order valence-corrected chi connectivity index (χ0v) is 13.3.